The summed E-state index contributed by atoms with van der Waals surface area (Å²) in [5.41, 5.74) is 1.23. The second-order valence-corrected chi connectivity index (χ2v) is 4.08. The number of nitriles is 1. The topological polar surface area (TPSA) is 52.9 Å². The summed E-state index contributed by atoms with van der Waals surface area (Å²) >= 11 is 0. The summed E-state index contributed by atoms with van der Waals surface area (Å²) in [5, 5.41) is 12.0. The lowest BCUT2D eigenvalue weighted by Gasteiger charge is -2.21. The Balaban J connectivity index is 2.16. The Morgan fingerprint density at radius 1 is 1.38 bits per heavy atom. The third-order valence-electron chi connectivity index (χ3n) is 2.99. The molecule has 0 aliphatic carbocycles. The van der Waals surface area contributed by atoms with E-state index in [-0.39, 0.29) is 11.7 Å². The number of ketones is 1. The van der Waals surface area contributed by atoms with E-state index < -0.39 is 0 Å². The van der Waals surface area contributed by atoms with Crippen molar-refractivity contribution < 1.29 is 4.79 Å². The molecule has 3 nitrogen and oxygen atoms in total. The zero-order chi connectivity index (χ0) is 11.4. The van der Waals surface area contributed by atoms with Crippen molar-refractivity contribution in [3.8, 4) is 6.07 Å². The molecule has 0 unspecified atom stereocenters. The molecule has 1 aliphatic heterocycles. The molecule has 0 saturated carbocycles. The molecule has 1 aliphatic rings. The number of rotatable bonds is 2. The van der Waals surface area contributed by atoms with Crippen molar-refractivity contribution >= 4 is 5.78 Å². The van der Waals surface area contributed by atoms with Crippen LogP contribution in [0, 0.1) is 17.2 Å². The number of Topliss-reactive ketones (excluding diaryl/α,β-unsaturated/α-hetero) is 1. The van der Waals surface area contributed by atoms with Gasteiger partial charge in [0.1, 0.15) is 0 Å². The van der Waals surface area contributed by atoms with Gasteiger partial charge in [0.2, 0.25) is 0 Å². The first kappa shape index (κ1) is 10.8. The molecule has 3 heteroatoms. The third-order valence-corrected chi connectivity index (χ3v) is 2.99. The summed E-state index contributed by atoms with van der Waals surface area (Å²) in [4.78, 5) is 12.1. The Morgan fingerprint density at radius 3 is 2.81 bits per heavy atom. The highest BCUT2D eigenvalue weighted by molar-refractivity contribution is 5.98. The molecule has 1 N–H and O–H groups in total. The fraction of sp³-hybridized carbons (Fsp3) is 0.385. The van der Waals surface area contributed by atoms with Crippen LogP contribution in [0.25, 0.3) is 0 Å². The van der Waals surface area contributed by atoms with Crippen molar-refractivity contribution in [3.63, 3.8) is 0 Å². The predicted octanol–water partition coefficient (Wildman–Crippen LogP) is 1.74. The zero-order valence-electron chi connectivity index (χ0n) is 9.07. The number of nitrogens with one attached hydrogen (secondary N) is 1. The predicted molar refractivity (Wildman–Crippen MR) is 61.1 cm³/mol. The lowest BCUT2D eigenvalue weighted by Crippen LogP contribution is -2.31. The molecule has 16 heavy (non-hydrogen) atoms. The highest BCUT2D eigenvalue weighted by Crippen LogP contribution is 2.18. The molecular weight excluding hydrogens is 200 g/mol. The third kappa shape index (κ3) is 2.29. The van der Waals surface area contributed by atoms with Crippen molar-refractivity contribution in [2.45, 2.75) is 12.8 Å². The number of nitrogens with zero attached hydrogens (tertiary/aromatic N) is 1. The molecule has 0 bridgehead atoms. The largest absolute Gasteiger partial charge is 0.317 e. The van der Waals surface area contributed by atoms with Gasteiger partial charge in [-0.25, -0.2) is 0 Å². The Hall–Kier alpha value is -1.66. The van der Waals surface area contributed by atoms with Crippen molar-refractivity contribution in [1.82, 2.24) is 5.32 Å². The molecule has 1 saturated heterocycles. The normalized spacial score (nSPS) is 16.7. The van der Waals surface area contributed by atoms with Crippen LogP contribution >= 0.6 is 0 Å². The van der Waals surface area contributed by atoms with Gasteiger partial charge in [-0.3, -0.25) is 4.79 Å². The second kappa shape index (κ2) is 4.91. The minimum atomic E-state index is 0.121. The highest BCUT2D eigenvalue weighted by Gasteiger charge is 2.22. The van der Waals surface area contributed by atoms with Gasteiger partial charge in [0, 0.05) is 11.5 Å². The molecule has 0 aromatic heterocycles. The maximum absolute atomic E-state index is 12.1. The van der Waals surface area contributed by atoms with E-state index in [1.807, 2.05) is 0 Å². The van der Waals surface area contributed by atoms with Crippen LogP contribution in [-0.2, 0) is 0 Å². The highest BCUT2D eigenvalue weighted by atomic mass is 16.1. The second-order valence-electron chi connectivity index (χ2n) is 4.08. The molecule has 0 radical (unpaired) electrons. The minimum Gasteiger partial charge on any atom is -0.317 e. The van der Waals surface area contributed by atoms with Crippen molar-refractivity contribution in [2.24, 2.45) is 5.92 Å². The summed E-state index contributed by atoms with van der Waals surface area (Å²) in [5.74, 6) is 0.300. The number of carbonyl (C=O) groups is 1. The summed E-state index contributed by atoms with van der Waals surface area (Å²) < 4.78 is 0. The molecule has 0 atom stereocenters. The number of carbonyl (C=O) groups excluding carboxylic acids is 1. The first-order valence-corrected chi connectivity index (χ1v) is 5.56. The maximum atomic E-state index is 12.1. The Labute approximate surface area is 95.1 Å². The SMILES string of the molecule is N#Cc1cccc(C(=O)C2CCNCC2)c1. The number of hydrogen-bond donors (Lipinski definition) is 1. The van der Waals surface area contributed by atoms with Gasteiger partial charge < -0.3 is 5.32 Å². The fourth-order valence-electron chi connectivity index (χ4n) is 2.06. The first-order chi connectivity index (χ1) is 7.81. The van der Waals surface area contributed by atoms with E-state index in [4.69, 9.17) is 5.26 Å². The van der Waals surface area contributed by atoms with Crippen molar-refractivity contribution in [3.05, 3.63) is 35.4 Å². The van der Waals surface area contributed by atoms with E-state index in [2.05, 4.69) is 11.4 Å². The van der Waals surface area contributed by atoms with E-state index in [1.54, 1.807) is 24.3 Å². The van der Waals surface area contributed by atoms with Crippen LogP contribution in [0.3, 0.4) is 0 Å². The van der Waals surface area contributed by atoms with Gasteiger partial charge in [-0.1, -0.05) is 12.1 Å². The average Bonchev–Trinajstić information content (AvgIpc) is 2.39. The van der Waals surface area contributed by atoms with Gasteiger partial charge in [0.25, 0.3) is 0 Å². The van der Waals surface area contributed by atoms with E-state index in [9.17, 15) is 4.79 Å². The quantitative estimate of drug-likeness (QED) is 0.763. The lowest BCUT2D eigenvalue weighted by atomic mass is 9.89. The Bertz CT molecular complexity index is 428. The molecule has 1 heterocycles. The molecule has 1 aromatic carbocycles. The molecule has 1 aromatic rings. The Kier molecular flexibility index (Phi) is 3.33. The van der Waals surface area contributed by atoms with Crippen LogP contribution in [-0.4, -0.2) is 18.9 Å². The summed E-state index contributed by atoms with van der Waals surface area (Å²) in [6.45, 7) is 1.82. The number of hydrogen-bond acceptors (Lipinski definition) is 3. The van der Waals surface area contributed by atoms with Crippen LogP contribution in [0.15, 0.2) is 24.3 Å². The monoisotopic (exact) mass is 214 g/mol. The average molecular weight is 214 g/mol. The van der Waals surface area contributed by atoms with Crippen LogP contribution in [0.5, 0.6) is 0 Å². The fourth-order valence-corrected chi connectivity index (χ4v) is 2.06. The van der Waals surface area contributed by atoms with Crippen LogP contribution in [0.4, 0.5) is 0 Å². The molecule has 2 rings (SSSR count). The van der Waals surface area contributed by atoms with Crippen molar-refractivity contribution in [2.75, 3.05) is 13.1 Å². The van der Waals surface area contributed by atoms with E-state index in [1.165, 1.54) is 0 Å². The molecular formula is C13H14N2O. The van der Waals surface area contributed by atoms with Gasteiger partial charge in [-0.15, -0.1) is 0 Å². The van der Waals surface area contributed by atoms with Gasteiger partial charge in [-0.2, -0.15) is 5.26 Å². The summed E-state index contributed by atoms with van der Waals surface area (Å²) in [7, 11) is 0. The smallest absolute Gasteiger partial charge is 0.166 e. The minimum absolute atomic E-state index is 0.121. The van der Waals surface area contributed by atoms with Crippen LogP contribution < -0.4 is 5.32 Å². The first-order valence-electron chi connectivity index (χ1n) is 5.56. The Morgan fingerprint density at radius 2 is 2.12 bits per heavy atom. The van der Waals surface area contributed by atoms with Gasteiger partial charge in [0.05, 0.1) is 11.6 Å². The van der Waals surface area contributed by atoms with E-state index in [0.717, 1.165) is 25.9 Å². The molecule has 1 fully saturated rings. The summed E-state index contributed by atoms with van der Waals surface area (Å²) in [6.07, 6.45) is 1.80. The maximum Gasteiger partial charge on any atom is 0.166 e. The van der Waals surface area contributed by atoms with Gasteiger partial charge >= 0.3 is 0 Å². The zero-order valence-corrected chi connectivity index (χ0v) is 9.07. The van der Waals surface area contributed by atoms with Crippen LogP contribution in [0.2, 0.25) is 0 Å². The standard InChI is InChI=1S/C13H14N2O/c14-9-10-2-1-3-12(8-10)13(16)11-4-6-15-7-5-11/h1-3,8,11,15H,4-7H2. The summed E-state index contributed by atoms with van der Waals surface area (Å²) in [6, 6.07) is 9.03. The lowest BCUT2D eigenvalue weighted by molar-refractivity contribution is 0.0895. The number of benzene rings is 1. The van der Waals surface area contributed by atoms with Gasteiger partial charge in [0.15, 0.2) is 5.78 Å². The van der Waals surface area contributed by atoms with Gasteiger partial charge in [-0.05, 0) is 38.1 Å². The molecule has 82 valence electrons. The van der Waals surface area contributed by atoms with E-state index >= 15 is 0 Å². The van der Waals surface area contributed by atoms with E-state index in [0.29, 0.717) is 11.1 Å². The molecule has 0 amide bonds. The molecule has 0 spiro atoms. The van der Waals surface area contributed by atoms with Crippen molar-refractivity contribution in [1.29, 1.82) is 5.26 Å². The number of piperidine rings is 1. The van der Waals surface area contributed by atoms with Crippen LogP contribution in [0.1, 0.15) is 28.8 Å².